The van der Waals surface area contributed by atoms with Crippen molar-refractivity contribution in [1.29, 1.82) is 0 Å². The van der Waals surface area contributed by atoms with Gasteiger partial charge in [0.05, 0.1) is 0 Å². The van der Waals surface area contributed by atoms with E-state index < -0.39 is 0 Å². The Hall–Kier alpha value is -1.26. The van der Waals surface area contributed by atoms with Gasteiger partial charge in [0.25, 0.3) is 0 Å². The molecule has 0 heteroatoms. The largest absolute Gasteiger partial charge is 0.126 e. The van der Waals surface area contributed by atoms with Crippen LogP contribution in [0, 0.1) is 0 Å². The molecule has 0 N–H and O–H groups in total. The summed E-state index contributed by atoms with van der Waals surface area (Å²) in [5.74, 6) is 0. The van der Waals surface area contributed by atoms with Gasteiger partial charge in [-0.15, -0.1) is 5.73 Å². The second-order valence-corrected chi connectivity index (χ2v) is 4.54. The molecule has 0 saturated heterocycles. The summed E-state index contributed by atoms with van der Waals surface area (Å²) < 4.78 is 0. The standard InChI is InChI=1S/C16H20/c1-3-9-15(10-4-1)13-7-8-14-16-11-5-2-6-12-16/h1,3-4,8-10H,2,5-7,11-13H2. The van der Waals surface area contributed by atoms with E-state index in [1.165, 1.54) is 37.7 Å². The fraction of sp³-hybridized carbons (Fsp3) is 0.438. The fourth-order valence-corrected chi connectivity index (χ4v) is 2.22. The van der Waals surface area contributed by atoms with Gasteiger partial charge in [0.2, 0.25) is 0 Å². The molecule has 0 aliphatic heterocycles. The molecule has 0 radical (unpaired) electrons. The maximum atomic E-state index is 3.48. The van der Waals surface area contributed by atoms with Crippen LogP contribution >= 0.6 is 0 Å². The molecule has 1 saturated carbocycles. The molecule has 1 aromatic rings. The van der Waals surface area contributed by atoms with Gasteiger partial charge < -0.3 is 0 Å². The Morgan fingerprint density at radius 3 is 2.50 bits per heavy atom. The topological polar surface area (TPSA) is 0 Å². The third-order valence-corrected chi connectivity index (χ3v) is 3.18. The van der Waals surface area contributed by atoms with Crippen LogP contribution in [0.25, 0.3) is 0 Å². The van der Waals surface area contributed by atoms with E-state index in [-0.39, 0.29) is 0 Å². The minimum absolute atomic E-state index is 1.12. The van der Waals surface area contributed by atoms with Gasteiger partial charge in [-0.3, -0.25) is 0 Å². The molecule has 0 nitrogen and oxygen atoms in total. The van der Waals surface area contributed by atoms with Crippen molar-refractivity contribution < 1.29 is 0 Å². The average molecular weight is 212 g/mol. The smallest absolute Gasteiger partial charge is 0.0234 e. The van der Waals surface area contributed by atoms with E-state index in [1.54, 1.807) is 5.57 Å². The van der Waals surface area contributed by atoms with E-state index >= 15 is 0 Å². The molecular weight excluding hydrogens is 192 g/mol. The van der Waals surface area contributed by atoms with Gasteiger partial charge in [-0.05, 0) is 55.7 Å². The summed E-state index contributed by atoms with van der Waals surface area (Å²) >= 11 is 0. The zero-order valence-electron chi connectivity index (χ0n) is 9.91. The Labute approximate surface area is 98.7 Å². The van der Waals surface area contributed by atoms with Gasteiger partial charge in [0, 0.05) is 0 Å². The maximum absolute atomic E-state index is 3.48. The van der Waals surface area contributed by atoms with Crippen LogP contribution in [0.5, 0.6) is 0 Å². The summed E-state index contributed by atoms with van der Waals surface area (Å²) in [6.07, 6.45) is 11.2. The number of hydrogen-bond donors (Lipinski definition) is 0. The molecule has 0 spiro atoms. The molecule has 1 aliphatic rings. The van der Waals surface area contributed by atoms with Gasteiger partial charge in [0.15, 0.2) is 0 Å². The Bertz CT molecular complexity index is 358. The van der Waals surface area contributed by atoms with Gasteiger partial charge >= 0.3 is 0 Å². The highest BCUT2D eigenvalue weighted by atomic mass is 14.1. The lowest BCUT2D eigenvalue weighted by Gasteiger charge is -2.10. The molecule has 0 amide bonds. The first-order chi connectivity index (χ1) is 7.95. The second-order valence-electron chi connectivity index (χ2n) is 4.54. The second kappa shape index (κ2) is 6.35. The monoisotopic (exact) mass is 212 g/mol. The third-order valence-electron chi connectivity index (χ3n) is 3.18. The highest BCUT2D eigenvalue weighted by molar-refractivity contribution is 5.15. The van der Waals surface area contributed by atoms with Gasteiger partial charge in [0.1, 0.15) is 0 Å². The highest BCUT2D eigenvalue weighted by Gasteiger charge is 2.02. The van der Waals surface area contributed by atoms with Crippen LogP contribution in [-0.2, 0) is 6.42 Å². The van der Waals surface area contributed by atoms with Crippen LogP contribution in [0.4, 0.5) is 0 Å². The molecule has 1 fully saturated rings. The molecule has 1 aromatic carbocycles. The number of benzene rings is 1. The molecule has 0 heterocycles. The van der Waals surface area contributed by atoms with E-state index in [0.29, 0.717) is 0 Å². The minimum atomic E-state index is 1.12. The first-order valence-corrected chi connectivity index (χ1v) is 6.42. The zero-order valence-corrected chi connectivity index (χ0v) is 9.91. The summed E-state index contributed by atoms with van der Waals surface area (Å²) in [6.45, 7) is 0. The Morgan fingerprint density at radius 2 is 1.75 bits per heavy atom. The zero-order chi connectivity index (χ0) is 11.1. The quantitative estimate of drug-likeness (QED) is 0.639. The summed E-state index contributed by atoms with van der Waals surface area (Å²) in [7, 11) is 0. The maximum Gasteiger partial charge on any atom is -0.0234 e. The lowest BCUT2D eigenvalue weighted by Crippen LogP contribution is -1.91. The third kappa shape index (κ3) is 3.72. The number of aryl methyl sites for hydroxylation is 1. The highest BCUT2D eigenvalue weighted by Crippen LogP contribution is 2.21. The molecule has 84 valence electrons. The van der Waals surface area contributed by atoms with Crippen LogP contribution in [0.2, 0.25) is 0 Å². The van der Waals surface area contributed by atoms with Crippen molar-refractivity contribution in [1.82, 2.24) is 0 Å². The van der Waals surface area contributed by atoms with Gasteiger partial charge in [-0.25, -0.2) is 0 Å². The Kier molecular flexibility index (Phi) is 4.46. The van der Waals surface area contributed by atoms with Gasteiger partial charge in [-0.2, -0.15) is 0 Å². The van der Waals surface area contributed by atoms with Crippen molar-refractivity contribution in [2.45, 2.75) is 44.9 Å². The Balaban J connectivity index is 1.81. The normalized spacial score (nSPS) is 15.6. The minimum Gasteiger partial charge on any atom is -0.126 e. The predicted octanol–water partition coefficient (Wildman–Crippen LogP) is 4.66. The molecule has 1 aliphatic carbocycles. The molecule has 0 bridgehead atoms. The number of allylic oxidation sites excluding steroid dienone is 1. The lowest BCUT2D eigenvalue weighted by atomic mass is 9.95. The van der Waals surface area contributed by atoms with Crippen molar-refractivity contribution >= 4 is 0 Å². The van der Waals surface area contributed by atoms with Crippen molar-refractivity contribution in [2.24, 2.45) is 0 Å². The molecule has 16 heavy (non-hydrogen) atoms. The molecule has 0 atom stereocenters. The Morgan fingerprint density at radius 1 is 1.00 bits per heavy atom. The van der Waals surface area contributed by atoms with E-state index in [2.05, 4.69) is 42.1 Å². The van der Waals surface area contributed by atoms with E-state index in [0.717, 1.165) is 12.8 Å². The van der Waals surface area contributed by atoms with Crippen LogP contribution in [0.3, 0.4) is 0 Å². The van der Waals surface area contributed by atoms with Gasteiger partial charge in [-0.1, -0.05) is 36.8 Å². The molecular formula is C16H20. The van der Waals surface area contributed by atoms with Crippen molar-refractivity contribution in [3.8, 4) is 0 Å². The number of rotatable bonds is 3. The molecule has 0 aromatic heterocycles. The summed E-state index contributed by atoms with van der Waals surface area (Å²) in [4.78, 5) is 0. The SMILES string of the molecule is C(=CCCc1ccccc1)=C1CCCCC1. The molecule has 0 unspecified atom stereocenters. The van der Waals surface area contributed by atoms with Crippen LogP contribution in [0.1, 0.15) is 44.1 Å². The summed E-state index contributed by atoms with van der Waals surface area (Å²) in [5, 5.41) is 0. The van der Waals surface area contributed by atoms with Crippen LogP contribution in [-0.4, -0.2) is 0 Å². The first kappa shape index (κ1) is 11.2. The van der Waals surface area contributed by atoms with Crippen LogP contribution < -0.4 is 0 Å². The van der Waals surface area contributed by atoms with E-state index in [1.807, 2.05) is 0 Å². The summed E-state index contributed by atoms with van der Waals surface area (Å²) in [6, 6.07) is 10.7. The van der Waals surface area contributed by atoms with Crippen molar-refractivity contribution in [3.05, 3.63) is 53.3 Å². The fourth-order valence-electron chi connectivity index (χ4n) is 2.22. The first-order valence-electron chi connectivity index (χ1n) is 6.42. The van der Waals surface area contributed by atoms with Crippen molar-refractivity contribution in [3.63, 3.8) is 0 Å². The van der Waals surface area contributed by atoms with E-state index in [9.17, 15) is 0 Å². The van der Waals surface area contributed by atoms with E-state index in [4.69, 9.17) is 0 Å². The number of hydrogen-bond acceptors (Lipinski definition) is 0. The lowest BCUT2D eigenvalue weighted by molar-refractivity contribution is 0.600. The summed E-state index contributed by atoms with van der Waals surface area (Å²) in [5.41, 5.74) is 6.45. The van der Waals surface area contributed by atoms with Crippen LogP contribution in [0.15, 0.2) is 47.7 Å². The van der Waals surface area contributed by atoms with Crippen molar-refractivity contribution in [2.75, 3.05) is 0 Å². The average Bonchev–Trinajstić information content (AvgIpc) is 2.37. The molecule has 2 rings (SSSR count). The predicted molar refractivity (Wildman–Crippen MR) is 69.4 cm³/mol.